The highest BCUT2D eigenvalue weighted by molar-refractivity contribution is 5.28. The maximum atomic E-state index is 9.64. The van der Waals surface area contributed by atoms with Crippen LogP contribution in [0.2, 0.25) is 0 Å². The van der Waals surface area contributed by atoms with Crippen LogP contribution in [0.4, 0.5) is 0 Å². The Balaban J connectivity index is 2.67. The van der Waals surface area contributed by atoms with Crippen LogP contribution in [0.25, 0.3) is 0 Å². The Bertz CT molecular complexity index is 243. The average Bonchev–Trinajstić information content (AvgIpc) is 2.18. The van der Waals surface area contributed by atoms with Gasteiger partial charge in [0.15, 0.2) is 0 Å². The van der Waals surface area contributed by atoms with Gasteiger partial charge >= 0.3 is 0 Å². The van der Waals surface area contributed by atoms with Crippen molar-refractivity contribution in [3.05, 3.63) is 29.8 Å². The lowest BCUT2D eigenvalue weighted by Crippen LogP contribution is -1.98. The SMILES string of the molecule is CCCC([N])c1ccc(OC)cc1. The van der Waals surface area contributed by atoms with Gasteiger partial charge < -0.3 is 4.74 Å². The number of hydrogen-bond donors (Lipinski definition) is 0. The zero-order valence-corrected chi connectivity index (χ0v) is 8.16. The van der Waals surface area contributed by atoms with Crippen molar-refractivity contribution in [1.29, 1.82) is 0 Å². The van der Waals surface area contributed by atoms with Crippen LogP contribution in [0.15, 0.2) is 24.3 Å². The third-order valence-electron chi connectivity index (χ3n) is 2.06. The lowest BCUT2D eigenvalue weighted by Gasteiger charge is -2.08. The molecule has 0 amide bonds. The Labute approximate surface area is 79.7 Å². The number of benzene rings is 1. The van der Waals surface area contributed by atoms with Crippen molar-refractivity contribution in [3.63, 3.8) is 0 Å². The summed E-state index contributed by atoms with van der Waals surface area (Å²) in [7, 11) is 1.64. The van der Waals surface area contributed by atoms with E-state index >= 15 is 0 Å². The molecule has 0 N–H and O–H groups in total. The molecule has 0 bridgehead atoms. The second-order valence-electron chi connectivity index (χ2n) is 3.08. The molecule has 0 saturated carbocycles. The molecule has 2 heteroatoms. The van der Waals surface area contributed by atoms with Gasteiger partial charge in [0.2, 0.25) is 0 Å². The normalized spacial score (nSPS) is 12.5. The molecule has 1 atom stereocenters. The van der Waals surface area contributed by atoms with Crippen LogP contribution in [-0.2, 0) is 0 Å². The van der Waals surface area contributed by atoms with Gasteiger partial charge in [0.05, 0.1) is 13.2 Å². The first kappa shape index (κ1) is 10.1. The number of nitrogens with zero attached hydrogens (tertiary/aromatic N) is 1. The van der Waals surface area contributed by atoms with Gasteiger partial charge in [-0.15, -0.1) is 5.73 Å². The topological polar surface area (TPSA) is 31.5 Å². The minimum absolute atomic E-state index is 0.337. The molecule has 1 unspecified atom stereocenters. The van der Waals surface area contributed by atoms with Gasteiger partial charge in [-0.05, 0) is 24.1 Å². The van der Waals surface area contributed by atoms with E-state index in [4.69, 9.17) is 4.74 Å². The van der Waals surface area contributed by atoms with Crippen LogP contribution in [0.5, 0.6) is 5.75 Å². The van der Waals surface area contributed by atoms with E-state index in [9.17, 15) is 5.73 Å². The predicted octanol–water partition coefficient (Wildman–Crippen LogP) is 2.61. The molecule has 13 heavy (non-hydrogen) atoms. The molecule has 0 aliphatic carbocycles. The molecule has 1 rings (SSSR count). The predicted molar refractivity (Wildman–Crippen MR) is 52.8 cm³/mol. The van der Waals surface area contributed by atoms with E-state index in [1.165, 1.54) is 0 Å². The fourth-order valence-corrected chi connectivity index (χ4v) is 1.27. The van der Waals surface area contributed by atoms with Crippen molar-refractivity contribution in [3.8, 4) is 5.75 Å². The summed E-state index contributed by atoms with van der Waals surface area (Å²) in [5.41, 5.74) is 10.6. The van der Waals surface area contributed by atoms with Crippen molar-refractivity contribution in [2.24, 2.45) is 0 Å². The van der Waals surface area contributed by atoms with E-state index in [0.717, 1.165) is 24.2 Å². The first-order valence-corrected chi connectivity index (χ1v) is 4.60. The zero-order valence-electron chi connectivity index (χ0n) is 8.16. The molecule has 0 fully saturated rings. The van der Waals surface area contributed by atoms with Gasteiger partial charge in [-0.2, -0.15) is 0 Å². The summed E-state index contributed by atoms with van der Waals surface area (Å²) in [6, 6.07) is 7.21. The summed E-state index contributed by atoms with van der Waals surface area (Å²) in [5, 5.41) is 0. The molecule has 0 aromatic heterocycles. The summed E-state index contributed by atoms with van der Waals surface area (Å²) in [5.74, 6) is 0.826. The lowest BCUT2D eigenvalue weighted by atomic mass is 10.0. The molecule has 0 aliphatic rings. The molecular weight excluding hydrogens is 162 g/mol. The van der Waals surface area contributed by atoms with E-state index < -0.39 is 0 Å². The van der Waals surface area contributed by atoms with Gasteiger partial charge in [-0.1, -0.05) is 25.5 Å². The summed E-state index contributed by atoms with van der Waals surface area (Å²) in [4.78, 5) is 0. The van der Waals surface area contributed by atoms with E-state index in [0.29, 0.717) is 0 Å². The Morgan fingerprint density at radius 1 is 1.31 bits per heavy atom. The monoisotopic (exact) mass is 177 g/mol. The number of methoxy groups -OCH3 is 1. The molecule has 2 radical (unpaired) electrons. The van der Waals surface area contributed by atoms with Crippen molar-refractivity contribution in [2.75, 3.05) is 7.11 Å². The first-order chi connectivity index (χ1) is 6.27. The largest absolute Gasteiger partial charge is 0.497 e. The van der Waals surface area contributed by atoms with Crippen LogP contribution >= 0.6 is 0 Å². The van der Waals surface area contributed by atoms with Crippen LogP contribution in [0.3, 0.4) is 0 Å². The van der Waals surface area contributed by atoms with Crippen molar-refractivity contribution in [2.45, 2.75) is 25.8 Å². The summed E-state index contributed by atoms with van der Waals surface area (Å²) in [6.07, 6.45) is 1.81. The van der Waals surface area contributed by atoms with Crippen LogP contribution in [-0.4, -0.2) is 7.11 Å². The Kier molecular flexibility index (Phi) is 3.77. The highest BCUT2D eigenvalue weighted by Crippen LogP contribution is 2.20. The number of hydrogen-bond acceptors (Lipinski definition) is 1. The molecular formula is C11H15NO. The summed E-state index contributed by atoms with van der Waals surface area (Å²) >= 11 is 0. The van der Waals surface area contributed by atoms with Crippen LogP contribution in [0.1, 0.15) is 31.4 Å². The molecule has 0 saturated heterocycles. The molecule has 0 heterocycles. The minimum Gasteiger partial charge on any atom is -0.497 e. The maximum absolute atomic E-state index is 9.64. The Morgan fingerprint density at radius 3 is 2.38 bits per heavy atom. The first-order valence-electron chi connectivity index (χ1n) is 4.60. The van der Waals surface area contributed by atoms with Crippen molar-refractivity contribution in [1.82, 2.24) is 5.73 Å². The molecule has 70 valence electrons. The van der Waals surface area contributed by atoms with Gasteiger partial charge in [0.1, 0.15) is 5.75 Å². The fraction of sp³-hybridized carbons (Fsp3) is 0.455. The van der Waals surface area contributed by atoms with Crippen molar-refractivity contribution >= 4 is 0 Å². The molecule has 0 spiro atoms. The Morgan fingerprint density at radius 2 is 1.92 bits per heavy atom. The van der Waals surface area contributed by atoms with Gasteiger partial charge in [-0.25, -0.2) is 0 Å². The molecule has 1 aromatic carbocycles. The lowest BCUT2D eigenvalue weighted by molar-refractivity contribution is 0.414. The minimum atomic E-state index is -0.337. The highest BCUT2D eigenvalue weighted by Gasteiger charge is 2.05. The fourth-order valence-electron chi connectivity index (χ4n) is 1.27. The van der Waals surface area contributed by atoms with Gasteiger partial charge in [0.25, 0.3) is 0 Å². The van der Waals surface area contributed by atoms with E-state index in [-0.39, 0.29) is 6.04 Å². The number of ether oxygens (including phenoxy) is 1. The van der Waals surface area contributed by atoms with E-state index in [1.54, 1.807) is 7.11 Å². The second kappa shape index (κ2) is 4.87. The van der Waals surface area contributed by atoms with Crippen molar-refractivity contribution < 1.29 is 4.74 Å². The van der Waals surface area contributed by atoms with Crippen LogP contribution < -0.4 is 10.5 Å². The third kappa shape index (κ3) is 2.74. The maximum Gasteiger partial charge on any atom is 0.118 e. The highest BCUT2D eigenvalue weighted by atomic mass is 16.5. The third-order valence-corrected chi connectivity index (χ3v) is 2.06. The molecule has 0 aliphatic heterocycles. The number of rotatable bonds is 4. The average molecular weight is 177 g/mol. The zero-order chi connectivity index (χ0) is 9.68. The standard InChI is InChI=1S/C11H15NO/c1-3-4-11(12)9-5-7-10(13-2)8-6-9/h5-8,11H,3-4H2,1-2H3. The van der Waals surface area contributed by atoms with Gasteiger partial charge in [-0.3, -0.25) is 0 Å². The molecule has 2 nitrogen and oxygen atoms in total. The summed E-state index contributed by atoms with van der Waals surface area (Å²) < 4.78 is 5.03. The van der Waals surface area contributed by atoms with Crippen LogP contribution in [0, 0.1) is 0 Å². The Hall–Kier alpha value is -1.02. The van der Waals surface area contributed by atoms with E-state index in [1.807, 2.05) is 24.3 Å². The molecule has 1 aromatic rings. The quantitative estimate of drug-likeness (QED) is 0.695. The van der Waals surface area contributed by atoms with Gasteiger partial charge in [0, 0.05) is 0 Å². The second-order valence-corrected chi connectivity index (χ2v) is 3.08. The smallest absolute Gasteiger partial charge is 0.118 e. The summed E-state index contributed by atoms with van der Waals surface area (Å²) in [6.45, 7) is 2.06. The van der Waals surface area contributed by atoms with E-state index in [2.05, 4.69) is 6.92 Å².